The molecule has 0 aromatic heterocycles. The van der Waals surface area contributed by atoms with Gasteiger partial charge in [0, 0.05) is 17.3 Å². The van der Waals surface area contributed by atoms with Crippen LogP contribution < -0.4 is 11.1 Å². The number of benzene rings is 1. The summed E-state index contributed by atoms with van der Waals surface area (Å²) < 4.78 is 13.7. The van der Waals surface area contributed by atoms with Crippen molar-refractivity contribution in [3.8, 4) is 0 Å². The second-order valence-electron chi connectivity index (χ2n) is 7.37. The van der Waals surface area contributed by atoms with Crippen LogP contribution >= 0.6 is 0 Å². The third-order valence-corrected chi connectivity index (χ3v) is 4.55. The molecule has 1 aliphatic rings. The van der Waals surface area contributed by atoms with Gasteiger partial charge in [-0.2, -0.15) is 5.10 Å². The molecule has 1 aliphatic heterocycles. The Morgan fingerprint density at radius 1 is 1.29 bits per heavy atom. The highest BCUT2D eigenvalue weighted by Gasteiger charge is 2.32. The highest BCUT2D eigenvalue weighted by molar-refractivity contribution is 6.48. The number of nitrogens with two attached hydrogens (primary N) is 1. The molecule has 7 heteroatoms. The van der Waals surface area contributed by atoms with Crippen LogP contribution in [0.15, 0.2) is 35.1 Å². The molecule has 28 heavy (non-hydrogen) atoms. The Morgan fingerprint density at radius 2 is 1.93 bits per heavy atom. The lowest BCUT2D eigenvalue weighted by Gasteiger charge is -2.27. The van der Waals surface area contributed by atoms with Crippen LogP contribution in [0.4, 0.5) is 10.1 Å². The van der Waals surface area contributed by atoms with Gasteiger partial charge in [-0.05, 0) is 51.0 Å². The van der Waals surface area contributed by atoms with Crippen molar-refractivity contribution in [2.75, 3.05) is 5.73 Å². The van der Waals surface area contributed by atoms with E-state index in [0.717, 1.165) is 25.7 Å². The first-order chi connectivity index (χ1) is 13.3. The lowest BCUT2D eigenvalue weighted by atomic mass is 10.0. The average Bonchev–Trinajstić information content (AvgIpc) is 2.92. The number of allylic oxidation sites excluding steroid dienone is 1. The van der Waals surface area contributed by atoms with E-state index < -0.39 is 5.82 Å². The third-order valence-electron chi connectivity index (χ3n) is 4.55. The number of hydrogen-bond donors (Lipinski definition) is 4. The molecule has 0 saturated carbocycles. The zero-order valence-corrected chi connectivity index (χ0v) is 17.1. The van der Waals surface area contributed by atoms with E-state index in [1.807, 2.05) is 18.9 Å². The molecule has 0 amide bonds. The van der Waals surface area contributed by atoms with Gasteiger partial charge in [0.15, 0.2) is 5.84 Å². The minimum atomic E-state index is -0.445. The largest absolute Gasteiger partial charge is 0.398 e. The van der Waals surface area contributed by atoms with E-state index in [1.54, 1.807) is 6.08 Å². The molecule has 2 rings (SSSR count). The second-order valence-corrected chi connectivity index (χ2v) is 7.37. The van der Waals surface area contributed by atoms with Gasteiger partial charge >= 0.3 is 0 Å². The quantitative estimate of drug-likeness (QED) is 0.396. The summed E-state index contributed by atoms with van der Waals surface area (Å²) in [5, 5.41) is 26.8. The molecular weight excluding hydrogens is 355 g/mol. The number of nitrogens with zero attached hydrogens (tertiary/aromatic N) is 2. The van der Waals surface area contributed by atoms with E-state index in [0.29, 0.717) is 22.8 Å². The average molecular weight is 387 g/mol. The van der Waals surface area contributed by atoms with Gasteiger partial charge in [-0.25, -0.2) is 4.39 Å². The molecule has 0 bridgehead atoms. The summed E-state index contributed by atoms with van der Waals surface area (Å²) >= 11 is 0. The highest BCUT2D eigenvalue weighted by atomic mass is 19.1. The number of rotatable bonds is 8. The molecule has 0 saturated heterocycles. The van der Waals surface area contributed by atoms with Gasteiger partial charge in [-0.15, -0.1) is 0 Å². The number of nitrogens with one attached hydrogen (secondary N) is 3. The number of hydrogen-bond acceptors (Lipinski definition) is 6. The molecule has 0 aliphatic carbocycles. The summed E-state index contributed by atoms with van der Waals surface area (Å²) in [6.07, 6.45) is 5.44. The number of anilines is 1. The van der Waals surface area contributed by atoms with E-state index in [4.69, 9.17) is 16.6 Å². The van der Waals surface area contributed by atoms with Gasteiger partial charge < -0.3 is 16.5 Å². The van der Waals surface area contributed by atoms with E-state index >= 15 is 0 Å². The van der Waals surface area contributed by atoms with Crippen molar-refractivity contribution in [3.63, 3.8) is 0 Å². The second kappa shape index (κ2) is 9.48. The molecule has 0 spiro atoms. The number of nitrogen functional groups attached to an aromatic ring is 1. The summed E-state index contributed by atoms with van der Waals surface area (Å²) in [6.45, 7) is 8.24. The molecule has 1 aromatic rings. The van der Waals surface area contributed by atoms with Gasteiger partial charge in [0.1, 0.15) is 11.5 Å². The summed E-state index contributed by atoms with van der Waals surface area (Å²) in [5.41, 5.74) is 7.43. The van der Waals surface area contributed by atoms with Gasteiger partial charge in [-0.1, -0.05) is 26.7 Å². The molecule has 0 atom stereocenters. The van der Waals surface area contributed by atoms with E-state index in [1.165, 1.54) is 18.2 Å². The van der Waals surface area contributed by atoms with E-state index in [-0.39, 0.29) is 23.5 Å². The number of halogens is 1. The Labute approximate surface area is 166 Å². The molecule has 0 fully saturated rings. The fourth-order valence-corrected chi connectivity index (χ4v) is 3.27. The highest BCUT2D eigenvalue weighted by Crippen LogP contribution is 2.26. The Hall–Kier alpha value is -2.70. The first kappa shape index (κ1) is 21.6. The molecule has 5 N–H and O–H groups in total. The Morgan fingerprint density at radius 3 is 2.50 bits per heavy atom. The van der Waals surface area contributed by atoms with Crippen molar-refractivity contribution < 1.29 is 4.39 Å². The fourth-order valence-electron chi connectivity index (χ4n) is 3.27. The van der Waals surface area contributed by atoms with E-state index in [2.05, 4.69) is 24.3 Å². The minimum Gasteiger partial charge on any atom is -0.398 e. The van der Waals surface area contributed by atoms with Crippen molar-refractivity contribution >= 4 is 22.9 Å². The minimum absolute atomic E-state index is 0.0643. The van der Waals surface area contributed by atoms with Crippen LogP contribution in [-0.4, -0.2) is 34.4 Å². The first-order valence-electron chi connectivity index (χ1n) is 9.87. The van der Waals surface area contributed by atoms with Crippen molar-refractivity contribution in [1.29, 1.82) is 10.8 Å². The predicted octanol–water partition coefficient (Wildman–Crippen LogP) is 4.28. The van der Waals surface area contributed by atoms with Crippen molar-refractivity contribution in [2.45, 2.75) is 65.5 Å². The Kier molecular flexibility index (Phi) is 7.31. The molecular formula is C21H31FN6. The zero-order chi connectivity index (χ0) is 20.8. The third kappa shape index (κ3) is 4.97. The van der Waals surface area contributed by atoms with E-state index in [9.17, 15) is 4.39 Å². The maximum Gasteiger partial charge on any atom is 0.174 e. The number of amidine groups is 1. The SMILES string of the molecule is CCCC(CCC)N1N=C(NC(C)C)C(=N)/C1=C\C(=N)c1cc(F)ccc1N. The number of hydrazone groups is 1. The predicted molar refractivity (Wildman–Crippen MR) is 115 cm³/mol. The lowest BCUT2D eigenvalue weighted by molar-refractivity contribution is 0.250. The summed E-state index contributed by atoms with van der Waals surface area (Å²) in [4.78, 5) is 0. The first-order valence-corrected chi connectivity index (χ1v) is 9.87. The maximum absolute atomic E-state index is 13.7. The van der Waals surface area contributed by atoms with Gasteiger partial charge in [0.2, 0.25) is 0 Å². The molecule has 0 unspecified atom stereocenters. The van der Waals surface area contributed by atoms with Crippen LogP contribution in [-0.2, 0) is 0 Å². The van der Waals surface area contributed by atoms with Crippen LogP contribution in [0.2, 0.25) is 0 Å². The smallest absolute Gasteiger partial charge is 0.174 e. The topological polar surface area (TPSA) is 101 Å². The van der Waals surface area contributed by atoms with Crippen molar-refractivity contribution in [2.24, 2.45) is 5.10 Å². The Balaban J connectivity index is 2.44. The van der Waals surface area contributed by atoms with Crippen molar-refractivity contribution in [1.82, 2.24) is 10.3 Å². The zero-order valence-electron chi connectivity index (χ0n) is 17.1. The van der Waals surface area contributed by atoms with Gasteiger partial charge in [-0.3, -0.25) is 10.4 Å². The van der Waals surface area contributed by atoms with Crippen molar-refractivity contribution in [3.05, 3.63) is 41.4 Å². The Bertz CT molecular complexity index is 790. The standard InChI is InChI=1S/C21H31FN6/c1-5-7-15(8-6-2)28-19(20(25)21(27-28)26-13(3)4)12-18(24)16-11-14(22)9-10-17(16)23/h9-13,15,24-25H,5-8,23H2,1-4H3,(H,26,27)/b19-12+,24-18?,25-20?. The maximum atomic E-state index is 13.7. The van der Waals surface area contributed by atoms with Crippen LogP contribution in [0.3, 0.4) is 0 Å². The van der Waals surface area contributed by atoms with Gasteiger partial charge in [0.05, 0.1) is 17.5 Å². The normalized spacial score (nSPS) is 15.7. The molecule has 1 heterocycles. The molecule has 6 nitrogen and oxygen atoms in total. The van der Waals surface area contributed by atoms with Crippen LogP contribution in [0, 0.1) is 16.6 Å². The summed E-state index contributed by atoms with van der Waals surface area (Å²) in [6, 6.07) is 4.26. The van der Waals surface area contributed by atoms with Crippen LogP contribution in [0.1, 0.15) is 58.9 Å². The lowest BCUT2D eigenvalue weighted by Crippen LogP contribution is -2.34. The summed E-state index contributed by atoms with van der Waals surface area (Å²) in [7, 11) is 0. The molecule has 1 aromatic carbocycles. The molecule has 0 radical (unpaired) electrons. The van der Waals surface area contributed by atoms with Crippen LogP contribution in [0.25, 0.3) is 0 Å². The monoisotopic (exact) mass is 386 g/mol. The van der Waals surface area contributed by atoms with Crippen LogP contribution in [0.5, 0.6) is 0 Å². The summed E-state index contributed by atoms with van der Waals surface area (Å²) in [5.74, 6) is 0.0532. The fraction of sp³-hybridized carbons (Fsp3) is 0.476. The van der Waals surface area contributed by atoms with Gasteiger partial charge in [0.25, 0.3) is 0 Å². The molecule has 152 valence electrons.